The Morgan fingerprint density at radius 2 is 2.13 bits per heavy atom. The summed E-state index contributed by atoms with van der Waals surface area (Å²) in [5, 5.41) is 0.576. The van der Waals surface area contributed by atoms with Crippen LogP contribution in [0, 0.1) is 0 Å². The quantitative estimate of drug-likeness (QED) is 0.640. The second-order valence-corrected chi connectivity index (χ2v) is 6.48. The lowest BCUT2D eigenvalue weighted by Crippen LogP contribution is -2.31. The molecule has 1 aromatic rings. The molecule has 76 valence electrons. The molecule has 3 rings (SSSR count). The molecule has 0 spiro atoms. The number of hydrogen-bond donors (Lipinski definition) is 0. The highest BCUT2D eigenvalue weighted by atomic mass is 127. The Bertz CT molecular complexity index is 475. The fourth-order valence-corrected chi connectivity index (χ4v) is 4.86. The van der Waals surface area contributed by atoms with Gasteiger partial charge in [-0.05, 0) is 41.1 Å². The van der Waals surface area contributed by atoms with Crippen molar-refractivity contribution in [3.05, 3.63) is 51.6 Å². The summed E-state index contributed by atoms with van der Waals surface area (Å²) in [6.07, 6.45) is 6.75. The first kappa shape index (κ1) is 9.97. The van der Waals surface area contributed by atoms with Gasteiger partial charge in [0.05, 0.1) is 0 Å². The van der Waals surface area contributed by atoms with E-state index in [1.807, 2.05) is 11.8 Å². The minimum absolute atomic E-state index is 0.205. The van der Waals surface area contributed by atoms with E-state index in [0.717, 1.165) is 0 Å². The molecule has 15 heavy (non-hydrogen) atoms. The van der Waals surface area contributed by atoms with Crippen LogP contribution in [0.15, 0.2) is 51.0 Å². The summed E-state index contributed by atoms with van der Waals surface area (Å²) >= 11 is 4.47. The van der Waals surface area contributed by atoms with Crippen molar-refractivity contribution in [2.24, 2.45) is 0 Å². The zero-order valence-corrected chi connectivity index (χ0v) is 11.4. The fraction of sp³-hybridized carbons (Fsp3) is 0.231. The molecule has 0 amide bonds. The van der Waals surface area contributed by atoms with Crippen molar-refractivity contribution in [1.82, 2.24) is 0 Å². The van der Waals surface area contributed by atoms with Crippen LogP contribution in [0.25, 0.3) is 0 Å². The second-order valence-electron chi connectivity index (χ2n) is 4.14. The van der Waals surface area contributed by atoms with E-state index in [-0.39, 0.29) is 5.41 Å². The van der Waals surface area contributed by atoms with Crippen LogP contribution in [0.5, 0.6) is 0 Å². The number of hydrogen-bond acceptors (Lipinski definition) is 1. The molecular weight excluding hydrogens is 315 g/mol. The maximum Gasteiger partial charge on any atom is 0.0417 e. The predicted octanol–water partition coefficient (Wildman–Crippen LogP) is 4.31. The molecule has 1 aromatic carbocycles. The molecule has 0 saturated heterocycles. The summed E-state index contributed by atoms with van der Waals surface area (Å²) in [6.45, 7) is 2.36. The van der Waals surface area contributed by atoms with E-state index < -0.39 is 0 Å². The molecule has 2 unspecified atom stereocenters. The topological polar surface area (TPSA) is 0 Å². The summed E-state index contributed by atoms with van der Waals surface area (Å²) in [6, 6.07) is 8.79. The van der Waals surface area contributed by atoms with Crippen LogP contribution in [0.3, 0.4) is 0 Å². The number of benzene rings is 1. The Morgan fingerprint density at radius 3 is 3.00 bits per heavy atom. The number of fused-ring (bicyclic) bond motifs is 3. The molecule has 0 bridgehead atoms. The van der Waals surface area contributed by atoms with Crippen LogP contribution in [-0.2, 0) is 5.41 Å². The van der Waals surface area contributed by atoms with Crippen LogP contribution in [0.2, 0.25) is 0 Å². The number of halogens is 1. The van der Waals surface area contributed by atoms with E-state index in [0.29, 0.717) is 5.25 Å². The third kappa shape index (κ3) is 1.27. The van der Waals surface area contributed by atoms with Crippen LogP contribution in [0.4, 0.5) is 0 Å². The van der Waals surface area contributed by atoms with E-state index in [1.54, 1.807) is 0 Å². The van der Waals surface area contributed by atoms with Gasteiger partial charge in [0.25, 0.3) is 0 Å². The van der Waals surface area contributed by atoms with Gasteiger partial charge in [-0.15, -0.1) is 11.8 Å². The van der Waals surface area contributed by atoms with Gasteiger partial charge < -0.3 is 0 Å². The highest BCUT2D eigenvalue weighted by Crippen LogP contribution is 2.56. The maximum absolute atomic E-state index is 2.48. The average molecular weight is 326 g/mol. The summed E-state index contributed by atoms with van der Waals surface area (Å²) in [5.74, 6) is 0. The zero-order valence-electron chi connectivity index (χ0n) is 8.41. The van der Waals surface area contributed by atoms with Crippen LogP contribution in [0.1, 0.15) is 12.5 Å². The van der Waals surface area contributed by atoms with Gasteiger partial charge in [0.1, 0.15) is 0 Å². The molecule has 1 aliphatic heterocycles. The standard InChI is InChI=1S/C13H11IS/c1-13-9-5-2-3-6-10(9)15-12(13)8-4-7-11(13)14/h2-8,12H,1H3. The smallest absolute Gasteiger partial charge is 0.0417 e. The van der Waals surface area contributed by atoms with E-state index >= 15 is 0 Å². The lowest BCUT2D eigenvalue weighted by molar-refractivity contribution is 0.615. The first-order valence-electron chi connectivity index (χ1n) is 5.03. The van der Waals surface area contributed by atoms with Crippen molar-refractivity contribution in [3.63, 3.8) is 0 Å². The molecule has 0 nitrogen and oxygen atoms in total. The van der Waals surface area contributed by atoms with Crippen LogP contribution in [-0.4, -0.2) is 5.25 Å². The Hall–Kier alpha value is -0.220. The van der Waals surface area contributed by atoms with Gasteiger partial charge in [-0.3, -0.25) is 0 Å². The Kier molecular flexibility index (Phi) is 2.25. The molecule has 2 heteroatoms. The summed E-state index contributed by atoms with van der Waals surface area (Å²) in [5.41, 5.74) is 1.70. The molecule has 2 aliphatic rings. The minimum atomic E-state index is 0.205. The second kappa shape index (κ2) is 3.39. The third-order valence-electron chi connectivity index (χ3n) is 3.29. The molecule has 1 heterocycles. The molecule has 2 atom stereocenters. The van der Waals surface area contributed by atoms with E-state index in [9.17, 15) is 0 Å². The maximum atomic E-state index is 2.48. The van der Waals surface area contributed by atoms with Crippen molar-refractivity contribution in [3.8, 4) is 0 Å². The van der Waals surface area contributed by atoms with Gasteiger partial charge in [0.15, 0.2) is 0 Å². The molecular formula is C13H11IS. The normalized spacial score (nSPS) is 32.1. The highest BCUT2D eigenvalue weighted by molar-refractivity contribution is 14.1. The first-order chi connectivity index (χ1) is 7.23. The Labute approximate surface area is 108 Å². The largest absolute Gasteiger partial charge is 0.117 e. The lowest BCUT2D eigenvalue weighted by atomic mass is 9.77. The average Bonchev–Trinajstić information content (AvgIpc) is 2.55. The monoisotopic (exact) mass is 326 g/mol. The van der Waals surface area contributed by atoms with Gasteiger partial charge in [-0.25, -0.2) is 0 Å². The number of thioether (sulfide) groups is 1. The third-order valence-corrected chi connectivity index (χ3v) is 6.27. The van der Waals surface area contributed by atoms with Crippen molar-refractivity contribution < 1.29 is 0 Å². The molecule has 1 aliphatic carbocycles. The summed E-state index contributed by atoms with van der Waals surface area (Å²) < 4.78 is 1.45. The van der Waals surface area contributed by atoms with Crippen molar-refractivity contribution >= 4 is 34.4 Å². The zero-order chi connectivity index (χ0) is 10.5. The highest BCUT2D eigenvalue weighted by Gasteiger charge is 2.45. The van der Waals surface area contributed by atoms with Crippen LogP contribution >= 0.6 is 34.4 Å². The van der Waals surface area contributed by atoms with Crippen molar-refractivity contribution in [2.75, 3.05) is 0 Å². The molecule has 0 saturated carbocycles. The summed E-state index contributed by atoms with van der Waals surface area (Å²) in [4.78, 5) is 1.44. The molecule has 0 N–H and O–H groups in total. The predicted molar refractivity (Wildman–Crippen MR) is 74.7 cm³/mol. The van der Waals surface area contributed by atoms with E-state index in [1.165, 1.54) is 14.0 Å². The van der Waals surface area contributed by atoms with Crippen molar-refractivity contribution in [1.29, 1.82) is 0 Å². The molecule has 0 fully saturated rings. The van der Waals surface area contributed by atoms with Gasteiger partial charge in [-0.2, -0.15) is 0 Å². The molecule has 0 aromatic heterocycles. The van der Waals surface area contributed by atoms with E-state index in [4.69, 9.17) is 0 Å². The number of allylic oxidation sites excluding steroid dienone is 3. The molecule has 0 radical (unpaired) electrons. The fourth-order valence-electron chi connectivity index (χ4n) is 2.32. The van der Waals surface area contributed by atoms with Gasteiger partial charge in [-0.1, -0.05) is 36.4 Å². The summed E-state index contributed by atoms with van der Waals surface area (Å²) in [7, 11) is 0. The first-order valence-corrected chi connectivity index (χ1v) is 6.99. The van der Waals surface area contributed by atoms with E-state index in [2.05, 4.69) is 72.0 Å². The van der Waals surface area contributed by atoms with Gasteiger partial charge in [0.2, 0.25) is 0 Å². The number of rotatable bonds is 0. The van der Waals surface area contributed by atoms with Gasteiger partial charge >= 0.3 is 0 Å². The van der Waals surface area contributed by atoms with Crippen LogP contribution < -0.4 is 0 Å². The van der Waals surface area contributed by atoms with Gasteiger partial charge in [0, 0.05) is 19.1 Å². The Balaban J connectivity index is 2.24. The van der Waals surface area contributed by atoms with Crippen molar-refractivity contribution in [2.45, 2.75) is 22.5 Å². The Morgan fingerprint density at radius 1 is 1.33 bits per heavy atom. The minimum Gasteiger partial charge on any atom is -0.117 e. The lowest BCUT2D eigenvalue weighted by Gasteiger charge is -2.32. The SMILES string of the molecule is CC12C(I)=CC=CC1Sc1ccccc12.